The number of rotatable bonds is 3. The SMILES string of the molecule is C[C@@H](Nc1ncc(C#N)cc1Cl)c1ccccn1. The first-order valence-corrected chi connectivity index (χ1v) is 5.81. The van der Waals surface area contributed by atoms with E-state index < -0.39 is 0 Å². The Bertz CT molecular complexity index is 577. The van der Waals surface area contributed by atoms with Crippen LogP contribution in [0.15, 0.2) is 36.7 Å². The second-order valence-electron chi connectivity index (χ2n) is 3.79. The van der Waals surface area contributed by atoms with E-state index in [1.807, 2.05) is 31.2 Å². The van der Waals surface area contributed by atoms with Gasteiger partial charge in [-0.05, 0) is 25.1 Å². The van der Waals surface area contributed by atoms with Gasteiger partial charge in [0.15, 0.2) is 0 Å². The van der Waals surface area contributed by atoms with Gasteiger partial charge in [0, 0.05) is 12.4 Å². The normalized spacial score (nSPS) is 11.6. The van der Waals surface area contributed by atoms with E-state index in [0.717, 1.165) is 5.69 Å². The summed E-state index contributed by atoms with van der Waals surface area (Å²) >= 11 is 6.04. The molecule has 0 amide bonds. The number of nitriles is 1. The minimum absolute atomic E-state index is 0.0101. The summed E-state index contributed by atoms with van der Waals surface area (Å²) in [5.74, 6) is 0.550. The molecule has 1 N–H and O–H groups in total. The number of hydrogen-bond acceptors (Lipinski definition) is 4. The van der Waals surface area contributed by atoms with E-state index in [4.69, 9.17) is 16.9 Å². The summed E-state index contributed by atoms with van der Waals surface area (Å²) in [5, 5.41) is 12.3. The van der Waals surface area contributed by atoms with E-state index in [0.29, 0.717) is 16.4 Å². The summed E-state index contributed by atoms with van der Waals surface area (Å²) in [5.41, 5.74) is 1.34. The molecular formula is C13H11ClN4. The minimum Gasteiger partial charge on any atom is -0.361 e. The van der Waals surface area contributed by atoms with Crippen LogP contribution in [0.5, 0.6) is 0 Å². The molecule has 0 radical (unpaired) electrons. The molecule has 0 bridgehead atoms. The number of nitrogens with one attached hydrogen (secondary N) is 1. The molecule has 2 aromatic rings. The second-order valence-corrected chi connectivity index (χ2v) is 4.19. The van der Waals surface area contributed by atoms with Crippen LogP contribution in [0.1, 0.15) is 24.2 Å². The van der Waals surface area contributed by atoms with E-state index in [-0.39, 0.29) is 6.04 Å². The molecule has 90 valence electrons. The third kappa shape index (κ3) is 2.76. The van der Waals surface area contributed by atoms with Crippen LogP contribution >= 0.6 is 11.6 Å². The van der Waals surface area contributed by atoms with Crippen molar-refractivity contribution >= 4 is 17.4 Å². The lowest BCUT2D eigenvalue weighted by atomic mass is 10.2. The summed E-state index contributed by atoms with van der Waals surface area (Å²) in [6.45, 7) is 1.97. The van der Waals surface area contributed by atoms with Crippen LogP contribution in [-0.4, -0.2) is 9.97 Å². The molecule has 0 aliphatic rings. The molecule has 5 heteroatoms. The van der Waals surface area contributed by atoms with Gasteiger partial charge in [-0.1, -0.05) is 17.7 Å². The van der Waals surface area contributed by atoms with Gasteiger partial charge in [-0.25, -0.2) is 4.98 Å². The molecule has 0 spiro atoms. The first-order chi connectivity index (χ1) is 8.70. The van der Waals surface area contributed by atoms with Crippen molar-refractivity contribution in [3.63, 3.8) is 0 Å². The van der Waals surface area contributed by atoms with Crippen LogP contribution in [0.25, 0.3) is 0 Å². The lowest BCUT2D eigenvalue weighted by Gasteiger charge is -2.14. The molecule has 18 heavy (non-hydrogen) atoms. The molecule has 2 aromatic heterocycles. The summed E-state index contributed by atoms with van der Waals surface area (Å²) in [4.78, 5) is 8.37. The molecule has 0 saturated carbocycles. The summed E-state index contributed by atoms with van der Waals surface area (Å²) in [7, 11) is 0. The first kappa shape index (κ1) is 12.3. The molecule has 0 aromatic carbocycles. The first-order valence-electron chi connectivity index (χ1n) is 5.44. The van der Waals surface area contributed by atoms with E-state index in [1.165, 1.54) is 6.20 Å². The largest absolute Gasteiger partial charge is 0.361 e. The van der Waals surface area contributed by atoms with Gasteiger partial charge in [0.2, 0.25) is 0 Å². The molecule has 0 aliphatic heterocycles. The van der Waals surface area contributed by atoms with Crippen molar-refractivity contribution in [3.8, 4) is 6.07 Å². The van der Waals surface area contributed by atoms with Gasteiger partial charge in [0.05, 0.1) is 22.3 Å². The summed E-state index contributed by atoms with van der Waals surface area (Å²) in [6.07, 6.45) is 3.22. The van der Waals surface area contributed by atoms with E-state index in [1.54, 1.807) is 12.3 Å². The van der Waals surface area contributed by atoms with Gasteiger partial charge in [0.25, 0.3) is 0 Å². The van der Waals surface area contributed by atoms with Crippen molar-refractivity contribution in [2.24, 2.45) is 0 Å². The van der Waals surface area contributed by atoms with Crippen molar-refractivity contribution in [1.29, 1.82) is 5.26 Å². The zero-order valence-electron chi connectivity index (χ0n) is 9.76. The highest BCUT2D eigenvalue weighted by atomic mass is 35.5. The zero-order valence-corrected chi connectivity index (χ0v) is 10.5. The Hall–Kier alpha value is -2.12. The van der Waals surface area contributed by atoms with Crippen LogP contribution < -0.4 is 5.32 Å². The van der Waals surface area contributed by atoms with Crippen molar-refractivity contribution in [2.75, 3.05) is 5.32 Å². The Morgan fingerprint density at radius 3 is 2.83 bits per heavy atom. The summed E-state index contributed by atoms with van der Waals surface area (Å²) < 4.78 is 0. The van der Waals surface area contributed by atoms with Crippen molar-refractivity contribution in [3.05, 3.63) is 52.9 Å². The van der Waals surface area contributed by atoms with Gasteiger partial charge < -0.3 is 5.32 Å². The van der Waals surface area contributed by atoms with Gasteiger partial charge in [-0.3, -0.25) is 4.98 Å². The number of anilines is 1. The van der Waals surface area contributed by atoms with Crippen LogP contribution in [0.2, 0.25) is 5.02 Å². The third-order valence-electron chi connectivity index (χ3n) is 2.45. The van der Waals surface area contributed by atoms with Crippen molar-refractivity contribution in [2.45, 2.75) is 13.0 Å². The van der Waals surface area contributed by atoms with Crippen LogP contribution in [-0.2, 0) is 0 Å². The average molecular weight is 259 g/mol. The number of halogens is 1. The van der Waals surface area contributed by atoms with Crippen molar-refractivity contribution < 1.29 is 0 Å². The Morgan fingerprint density at radius 2 is 2.22 bits per heavy atom. The lowest BCUT2D eigenvalue weighted by molar-refractivity contribution is 0.832. The topological polar surface area (TPSA) is 61.6 Å². The lowest BCUT2D eigenvalue weighted by Crippen LogP contribution is -2.09. The third-order valence-corrected chi connectivity index (χ3v) is 2.74. The minimum atomic E-state index is -0.0101. The van der Waals surface area contributed by atoms with E-state index in [9.17, 15) is 0 Å². The molecule has 2 heterocycles. The fraction of sp³-hybridized carbons (Fsp3) is 0.154. The molecule has 1 atom stereocenters. The zero-order chi connectivity index (χ0) is 13.0. The Morgan fingerprint density at radius 1 is 1.39 bits per heavy atom. The van der Waals surface area contributed by atoms with Gasteiger partial charge in [-0.15, -0.1) is 0 Å². The smallest absolute Gasteiger partial charge is 0.145 e. The fourth-order valence-corrected chi connectivity index (χ4v) is 1.74. The molecular weight excluding hydrogens is 248 g/mol. The quantitative estimate of drug-likeness (QED) is 0.919. The Balaban J connectivity index is 2.18. The van der Waals surface area contributed by atoms with Crippen LogP contribution in [0.3, 0.4) is 0 Å². The van der Waals surface area contributed by atoms with Gasteiger partial charge in [0.1, 0.15) is 11.9 Å². The highest BCUT2D eigenvalue weighted by Crippen LogP contribution is 2.23. The van der Waals surface area contributed by atoms with Crippen LogP contribution in [0.4, 0.5) is 5.82 Å². The number of nitrogens with zero attached hydrogens (tertiary/aromatic N) is 3. The van der Waals surface area contributed by atoms with E-state index >= 15 is 0 Å². The average Bonchev–Trinajstić information content (AvgIpc) is 2.42. The van der Waals surface area contributed by atoms with Gasteiger partial charge in [-0.2, -0.15) is 5.26 Å². The molecule has 0 aliphatic carbocycles. The number of aromatic nitrogens is 2. The molecule has 0 unspecified atom stereocenters. The fourth-order valence-electron chi connectivity index (χ4n) is 1.52. The number of hydrogen-bond donors (Lipinski definition) is 1. The van der Waals surface area contributed by atoms with Gasteiger partial charge >= 0.3 is 0 Å². The summed E-state index contributed by atoms with van der Waals surface area (Å²) in [6, 6.07) is 9.28. The Labute approximate surface area is 110 Å². The molecule has 2 rings (SSSR count). The molecule has 4 nitrogen and oxygen atoms in total. The monoisotopic (exact) mass is 258 g/mol. The predicted molar refractivity (Wildman–Crippen MR) is 70.2 cm³/mol. The highest BCUT2D eigenvalue weighted by Gasteiger charge is 2.09. The maximum Gasteiger partial charge on any atom is 0.145 e. The molecule has 0 saturated heterocycles. The predicted octanol–water partition coefficient (Wildman–Crippen LogP) is 3.17. The maximum atomic E-state index is 8.73. The standard InChI is InChI=1S/C13H11ClN4/c1-9(12-4-2-3-5-16-12)18-13-11(14)6-10(7-15)8-17-13/h2-6,8-9H,1H3,(H,17,18)/t9-/m1/s1. The maximum absolute atomic E-state index is 8.73. The molecule has 0 fully saturated rings. The highest BCUT2D eigenvalue weighted by molar-refractivity contribution is 6.33. The Kier molecular flexibility index (Phi) is 3.75. The van der Waals surface area contributed by atoms with Crippen LogP contribution in [0, 0.1) is 11.3 Å². The van der Waals surface area contributed by atoms with E-state index in [2.05, 4.69) is 15.3 Å². The van der Waals surface area contributed by atoms with Crippen molar-refractivity contribution in [1.82, 2.24) is 9.97 Å². The second kappa shape index (κ2) is 5.48. The number of pyridine rings is 2.